The van der Waals surface area contributed by atoms with Gasteiger partial charge in [-0.1, -0.05) is 12.1 Å². The van der Waals surface area contributed by atoms with Crippen LogP contribution in [0.5, 0.6) is 5.75 Å². The molecular weight excluding hydrogens is 402 g/mol. The number of aryl methyl sites for hydroxylation is 2. The summed E-state index contributed by atoms with van der Waals surface area (Å²) in [4.78, 5) is 25.4. The predicted molar refractivity (Wildman–Crippen MR) is 127 cm³/mol. The van der Waals surface area contributed by atoms with Crippen molar-refractivity contribution < 1.29 is 9.53 Å². The lowest BCUT2D eigenvalue weighted by Gasteiger charge is -2.36. The Morgan fingerprint density at radius 2 is 1.91 bits per heavy atom. The number of aromatic nitrogens is 2. The Morgan fingerprint density at radius 3 is 2.66 bits per heavy atom. The molecule has 1 saturated heterocycles. The van der Waals surface area contributed by atoms with Gasteiger partial charge in [0.05, 0.1) is 18.4 Å². The van der Waals surface area contributed by atoms with Gasteiger partial charge >= 0.3 is 0 Å². The van der Waals surface area contributed by atoms with Gasteiger partial charge in [0.25, 0.3) is 5.91 Å². The van der Waals surface area contributed by atoms with Crippen LogP contribution < -0.4 is 15.0 Å². The van der Waals surface area contributed by atoms with Crippen LogP contribution in [0.3, 0.4) is 0 Å². The Hall–Kier alpha value is -3.32. The SMILES string of the molecule is COc1ccccc1-c1[nH]c(C)cc1C(=O)NCCN1CCN(c2ccnc(C)c2)CC1. The summed E-state index contributed by atoms with van der Waals surface area (Å²) in [6, 6.07) is 13.8. The zero-order valence-corrected chi connectivity index (χ0v) is 19.0. The third kappa shape index (κ3) is 4.94. The smallest absolute Gasteiger partial charge is 0.253 e. The molecule has 2 N–H and O–H groups in total. The highest BCUT2D eigenvalue weighted by Gasteiger charge is 2.20. The zero-order chi connectivity index (χ0) is 22.5. The van der Waals surface area contributed by atoms with E-state index in [1.54, 1.807) is 7.11 Å². The number of aromatic amines is 1. The molecule has 7 nitrogen and oxygen atoms in total. The average molecular weight is 434 g/mol. The maximum Gasteiger partial charge on any atom is 0.253 e. The van der Waals surface area contributed by atoms with Gasteiger partial charge in [0, 0.05) is 68.1 Å². The van der Waals surface area contributed by atoms with Crippen molar-refractivity contribution in [3.05, 3.63) is 65.6 Å². The molecular formula is C25H31N5O2. The van der Waals surface area contributed by atoms with Gasteiger partial charge in [-0.15, -0.1) is 0 Å². The van der Waals surface area contributed by atoms with Crippen LogP contribution >= 0.6 is 0 Å². The number of nitrogens with zero attached hydrogens (tertiary/aromatic N) is 3. The number of methoxy groups -OCH3 is 1. The molecule has 0 saturated carbocycles. The molecule has 0 bridgehead atoms. The van der Waals surface area contributed by atoms with E-state index >= 15 is 0 Å². The fraction of sp³-hybridized carbons (Fsp3) is 0.360. The highest BCUT2D eigenvalue weighted by molar-refractivity contribution is 6.01. The number of piperazine rings is 1. The fourth-order valence-corrected chi connectivity index (χ4v) is 4.21. The van der Waals surface area contributed by atoms with E-state index in [1.165, 1.54) is 5.69 Å². The minimum Gasteiger partial charge on any atom is -0.496 e. The molecule has 1 fully saturated rings. The van der Waals surface area contributed by atoms with Crippen LogP contribution in [0.15, 0.2) is 48.7 Å². The Kier molecular flexibility index (Phi) is 6.75. The van der Waals surface area contributed by atoms with Gasteiger partial charge in [-0.05, 0) is 44.2 Å². The molecule has 1 amide bonds. The Labute approximate surface area is 189 Å². The van der Waals surface area contributed by atoms with E-state index in [9.17, 15) is 4.79 Å². The summed E-state index contributed by atoms with van der Waals surface area (Å²) in [5.41, 5.74) is 5.54. The number of nitrogens with one attached hydrogen (secondary N) is 2. The molecule has 1 aromatic carbocycles. The number of amides is 1. The molecule has 7 heteroatoms. The monoisotopic (exact) mass is 433 g/mol. The fourth-order valence-electron chi connectivity index (χ4n) is 4.21. The maximum atomic E-state index is 13.0. The van der Waals surface area contributed by atoms with Crippen LogP contribution in [-0.2, 0) is 0 Å². The standard InChI is InChI=1S/C25H31N5O2/c1-18-16-20(8-9-26-18)30-14-12-29(13-15-30)11-10-27-25(31)22-17-19(2)28-24(22)21-6-4-5-7-23(21)32-3/h4-9,16-17,28H,10-15H2,1-3H3,(H,27,31). The molecule has 3 aromatic rings. The lowest BCUT2D eigenvalue weighted by Crippen LogP contribution is -2.48. The van der Waals surface area contributed by atoms with Crippen LogP contribution in [0.2, 0.25) is 0 Å². The lowest BCUT2D eigenvalue weighted by atomic mass is 10.1. The number of carbonyl (C=O) groups excluding carboxylic acids is 1. The van der Waals surface area contributed by atoms with Crippen LogP contribution in [0.4, 0.5) is 5.69 Å². The number of carbonyl (C=O) groups is 1. The highest BCUT2D eigenvalue weighted by Crippen LogP contribution is 2.31. The number of benzene rings is 1. The number of H-pyrrole nitrogens is 1. The van der Waals surface area contributed by atoms with Crippen molar-refractivity contribution in [1.82, 2.24) is 20.2 Å². The number of ether oxygens (including phenoxy) is 1. The number of para-hydroxylation sites is 1. The third-order valence-electron chi connectivity index (χ3n) is 5.90. The molecule has 0 spiro atoms. The Bertz CT molecular complexity index is 1070. The Morgan fingerprint density at radius 1 is 1.12 bits per heavy atom. The van der Waals surface area contributed by atoms with Crippen molar-refractivity contribution >= 4 is 11.6 Å². The van der Waals surface area contributed by atoms with Gasteiger partial charge in [-0.25, -0.2) is 0 Å². The van der Waals surface area contributed by atoms with E-state index in [-0.39, 0.29) is 5.91 Å². The van der Waals surface area contributed by atoms with Gasteiger partial charge in [0.2, 0.25) is 0 Å². The lowest BCUT2D eigenvalue weighted by molar-refractivity contribution is 0.0948. The zero-order valence-electron chi connectivity index (χ0n) is 19.0. The molecule has 4 rings (SSSR count). The predicted octanol–water partition coefficient (Wildman–Crippen LogP) is 3.25. The molecule has 1 aliphatic heterocycles. The number of anilines is 1. The van der Waals surface area contributed by atoms with Crippen molar-refractivity contribution in [3.63, 3.8) is 0 Å². The summed E-state index contributed by atoms with van der Waals surface area (Å²) in [6.45, 7) is 9.34. The highest BCUT2D eigenvalue weighted by atomic mass is 16.5. The van der Waals surface area contributed by atoms with E-state index in [1.807, 2.05) is 50.4 Å². The van der Waals surface area contributed by atoms with Crippen LogP contribution in [-0.4, -0.2) is 67.2 Å². The first-order valence-corrected chi connectivity index (χ1v) is 11.1. The van der Waals surface area contributed by atoms with E-state index in [2.05, 4.69) is 37.2 Å². The van der Waals surface area contributed by atoms with Gasteiger partial charge < -0.3 is 19.9 Å². The van der Waals surface area contributed by atoms with Crippen molar-refractivity contribution in [3.8, 4) is 17.0 Å². The topological polar surface area (TPSA) is 73.5 Å². The number of rotatable bonds is 7. The second-order valence-corrected chi connectivity index (χ2v) is 8.18. The van der Waals surface area contributed by atoms with E-state index < -0.39 is 0 Å². The summed E-state index contributed by atoms with van der Waals surface area (Å²) < 4.78 is 5.49. The summed E-state index contributed by atoms with van der Waals surface area (Å²) in [7, 11) is 1.64. The van der Waals surface area contributed by atoms with Gasteiger partial charge in [0.15, 0.2) is 0 Å². The third-order valence-corrected chi connectivity index (χ3v) is 5.90. The van der Waals surface area contributed by atoms with Crippen LogP contribution in [0.1, 0.15) is 21.7 Å². The first kappa shape index (κ1) is 21.9. The van der Waals surface area contributed by atoms with Crippen molar-refractivity contribution in [2.45, 2.75) is 13.8 Å². The second-order valence-electron chi connectivity index (χ2n) is 8.18. The minimum atomic E-state index is -0.0684. The molecule has 1 aliphatic rings. The van der Waals surface area contributed by atoms with Gasteiger partial charge in [-0.3, -0.25) is 14.7 Å². The first-order valence-electron chi connectivity index (χ1n) is 11.1. The van der Waals surface area contributed by atoms with E-state index in [0.29, 0.717) is 12.1 Å². The second kappa shape index (κ2) is 9.87. The summed E-state index contributed by atoms with van der Waals surface area (Å²) >= 11 is 0. The summed E-state index contributed by atoms with van der Waals surface area (Å²) in [5, 5.41) is 3.09. The summed E-state index contributed by atoms with van der Waals surface area (Å²) in [6.07, 6.45) is 1.87. The van der Waals surface area contributed by atoms with Crippen LogP contribution in [0, 0.1) is 13.8 Å². The largest absolute Gasteiger partial charge is 0.496 e. The molecule has 0 aliphatic carbocycles. The molecule has 32 heavy (non-hydrogen) atoms. The van der Waals surface area contributed by atoms with Gasteiger partial charge in [-0.2, -0.15) is 0 Å². The van der Waals surface area contributed by atoms with Gasteiger partial charge in [0.1, 0.15) is 5.75 Å². The van der Waals surface area contributed by atoms with E-state index in [4.69, 9.17) is 4.74 Å². The molecule has 168 valence electrons. The maximum absolute atomic E-state index is 13.0. The molecule has 3 heterocycles. The quantitative estimate of drug-likeness (QED) is 0.598. The first-order chi connectivity index (χ1) is 15.5. The molecule has 2 aromatic heterocycles. The summed E-state index contributed by atoms with van der Waals surface area (Å²) in [5.74, 6) is 0.673. The molecule has 0 atom stereocenters. The van der Waals surface area contributed by atoms with E-state index in [0.717, 1.165) is 61.1 Å². The Balaban J connectivity index is 1.32. The van der Waals surface area contributed by atoms with Crippen molar-refractivity contribution in [2.75, 3.05) is 51.3 Å². The van der Waals surface area contributed by atoms with Crippen LogP contribution in [0.25, 0.3) is 11.3 Å². The number of pyridine rings is 1. The number of hydrogen-bond acceptors (Lipinski definition) is 5. The van der Waals surface area contributed by atoms with Crippen molar-refractivity contribution in [1.29, 1.82) is 0 Å². The normalized spacial score (nSPS) is 14.4. The number of hydrogen-bond donors (Lipinski definition) is 2. The average Bonchev–Trinajstić information content (AvgIpc) is 3.21. The minimum absolute atomic E-state index is 0.0684. The molecule has 0 radical (unpaired) electrons. The molecule has 0 unspecified atom stereocenters. The van der Waals surface area contributed by atoms with Crippen molar-refractivity contribution in [2.24, 2.45) is 0 Å².